The highest BCUT2D eigenvalue weighted by Gasteiger charge is 2.21. The molecular formula is C20H21N7O2. The zero-order valence-corrected chi connectivity index (χ0v) is 16.5. The molecule has 0 radical (unpaired) electrons. The Kier molecular flexibility index (Phi) is 4.94. The Morgan fingerprint density at radius 1 is 1.24 bits per heavy atom. The van der Waals surface area contributed by atoms with Gasteiger partial charge in [-0.2, -0.15) is 10.2 Å². The van der Waals surface area contributed by atoms with E-state index < -0.39 is 5.97 Å². The predicted octanol–water partition coefficient (Wildman–Crippen LogP) is 2.65. The van der Waals surface area contributed by atoms with Crippen molar-refractivity contribution in [2.24, 2.45) is 7.05 Å². The number of esters is 1. The molecule has 0 aliphatic carbocycles. The van der Waals surface area contributed by atoms with E-state index in [1.165, 1.54) is 6.20 Å². The standard InChI is InChI=1S/C20H21N7O2/c1-4-29-20(28)15-12-23-19-16(13(2)25-26(19)3)17(15)22-11-14-7-5-8-21-18(14)27-10-6-9-24-27/h5-10,12H,4,11H2,1-3H3,(H,22,23). The maximum absolute atomic E-state index is 12.5. The normalized spacial score (nSPS) is 11.0. The number of pyridine rings is 2. The lowest BCUT2D eigenvalue weighted by atomic mass is 10.1. The van der Waals surface area contributed by atoms with Gasteiger partial charge in [0.1, 0.15) is 5.56 Å². The van der Waals surface area contributed by atoms with Gasteiger partial charge in [-0.15, -0.1) is 0 Å². The van der Waals surface area contributed by atoms with Crippen molar-refractivity contribution in [1.82, 2.24) is 29.5 Å². The van der Waals surface area contributed by atoms with Crippen LogP contribution in [0.3, 0.4) is 0 Å². The predicted molar refractivity (Wildman–Crippen MR) is 108 cm³/mol. The quantitative estimate of drug-likeness (QED) is 0.504. The molecule has 0 atom stereocenters. The Bertz CT molecular complexity index is 1170. The molecule has 0 amide bonds. The first-order valence-electron chi connectivity index (χ1n) is 9.27. The molecule has 0 aliphatic heterocycles. The molecule has 4 rings (SSSR count). The Hall–Kier alpha value is -3.75. The van der Waals surface area contributed by atoms with Gasteiger partial charge in [0.15, 0.2) is 11.5 Å². The Balaban J connectivity index is 1.76. The first kappa shape index (κ1) is 18.6. The number of carbonyl (C=O) groups is 1. The maximum Gasteiger partial charge on any atom is 0.341 e. The smallest absolute Gasteiger partial charge is 0.341 e. The molecule has 0 fully saturated rings. The van der Waals surface area contributed by atoms with E-state index in [9.17, 15) is 4.79 Å². The number of nitrogens with zero attached hydrogens (tertiary/aromatic N) is 6. The van der Waals surface area contributed by atoms with Crippen LogP contribution in [-0.2, 0) is 18.3 Å². The molecule has 0 unspecified atom stereocenters. The third kappa shape index (κ3) is 3.42. The van der Waals surface area contributed by atoms with E-state index in [1.54, 1.807) is 28.7 Å². The average Bonchev–Trinajstić information content (AvgIpc) is 3.35. The molecule has 0 bridgehead atoms. The van der Waals surface area contributed by atoms with Gasteiger partial charge in [-0.3, -0.25) is 4.68 Å². The van der Waals surface area contributed by atoms with E-state index in [1.807, 2.05) is 38.4 Å². The van der Waals surface area contributed by atoms with Gasteiger partial charge < -0.3 is 10.1 Å². The van der Waals surface area contributed by atoms with E-state index in [2.05, 4.69) is 25.5 Å². The first-order valence-corrected chi connectivity index (χ1v) is 9.27. The van der Waals surface area contributed by atoms with Crippen molar-refractivity contribution >= 4 is 22.7 Å². The van der Waals surface area contributed by atoms with Gasteiger partial charge in [0, 0.05) is 43.9 Å². The second kappa shape index (κ2) is 7.70. The number of aromatic nitrogens is 6. The Labute approximate surface area is 167 Å². The molecule has 0 aliphatic rings. The van der Waals surface area contributed by atoms with Gasteiger partial charge in [0.25, 0.3) is 0 Å². The van der Waals surface area contributed by atoms with Gasteiger partial charge in [0.05, 0.1) is 23.4 Å². The minimum atomic E-state index is -0.425. The number of rotatable bonds is 6. The van der Waals surface area contributed by atoms with Crippen molar-refractivity contribution in [3.8, 4) is 5.82 Å². The van der Waals surface area contributed by atoms with Gasteiger partial charge >= 0.3 is 5.97 Å². The first-order chi connectivity index (χ1) is 14.1. The van der Waals surface area contributed by atoms with Crippen LogP contribution in [0.2, 0.25) is 0 Å². The maximum atomic E-state index is 12.5. The minimum absolute atomic E-state index is 0.286. The van der Waals surface area contributed by atoms with Gasteiger partial charge in [-0.1, -0.05) is 6.07 Å². The van der Waals surface area contributed by atoms with Crippen LogP contribution in [0.5, 0.6) is 0 Å². The lowest BCUT2D eigenvalue weighted by Gasteiger charge is -2.14. The van der Waals surface area contributed by atoms with Crippen molar-refractivity contribution in [3.05, 3.63) is 59.8 Å². The number of hydrogen-bond donors (Lipinski definition) is 1. The molecule has 0 spiro atoms. The largest absolute Gasteiger partial charge is 0.462 e. The molecule has 148 valence electrons. The summed E-state index contributed by atoms with van der Waals surface area (Å²) in [6.45, 7) is 4.39. The summed E-state index contributed by atoms with van der Waals surface area (Å²) in [5.41, 5.74) is 3.42. The Morgan fingerprint density at radius 3 is 2.86 bits per heavy atom. The molecule has 29 heavy (non-hydrogen) atoms. The number of ether oxygens (including phenoxy) is 1. The minimum Gasteiger partial charge on any atom is -0.462 e. The zero-order valence-electron chi connectivity index (χ0n) is 16.5. The third-order valence-corrected chi connectivity index (χ3v) is 4.57. The van der Waals surface area contributed by atoms with Gasteiger partial charge in [-0.25, -0.2) is 19.4 Å². The fourth-order valence-corrected chi connectivity index (χ4v) is 3.31. The monoisotopic (exact) mass is 391 g/mol. The summed E-state index contributed by atoms with van der Waals surface area (Å²) in [5, 5.41) is 12.9. The summed E-state index contributed by atoms with van der Waals surface area (Å²) < 4.78 is 8.63. The highest BCUT2D eigenvalue weighted by atomic mass is 16.5. The average molecular weight is 391 g/mol. The molecule has 4 aromatic rings. The molecule has 0 saturated carbocycles. The van der Waals surface area contributed by atoms with Crippen LogP contribution < -0.4 is 5.32 Å². The summed E-state index contributed by atoms with van der Waals surface area (Å²) in [5.74, 6) is 0.294. The van der Waals surface area contributed by atoms with Crippen molar-refractivity contribution in [1.29, 1.82) is 0 Å². The van der Waals surface area contributed by atoms with E-state index in [4.69, 9.17) is 4.74 Å². The topological polar surface area (TPSA) is 99.7 Å². The fraction of sp³-hybridized carbons (Fsp3) is 0.250. The van der Waals surface area contributed by atoms with Crippen LogP contribution in [0.25, 0.3) is 16.9 Å². The van der Waals surface area contributed by atoms with Crippen LogP contribution in [0.15, 0.2) is 43.0 Å². The number of nitrogens with one attached hydrogen (secondary N) is 1. The molecule has 4 heterocycles. The summed E-state index contributed by atoms with van der Waals surface area (Å²) in [6.07, 6.45) is 6.80. The zero-order chi connectivity index (χ0) is 20.4. The molecule has 0 aromatic carbocycles. The van der Waals surface area contributed by atoms with Crippen molar-refractivity contribution in [2.45, 2.75) is 20.4 Å². The molecular weight excluding hydrogens is 370 g/mol. The highest BCUT2D eigenvalue weighted by molar-refractivity contribution is 6.05. The fourth-order valence-electron chi connectivity index (χ4n) is 3.31. The molecule has 1 N–H and O–H groups in total. The molecule has 9 heteroatoms. The summed E-state index contributed by atoms with van der Waals surface area (Å²) in [7, 11) is 1.83. The van der Waals surface area contributed by atoms with Crippen molar-refractivity contribution < 1.29 is 9.53 Å². The van der Waals surface area contributed by atoms with Crippen LogP contribution in [-0.4, -0.2) is 42.1 Å². The van der Waals surface area contributed by atoms with Crippen LogP contribution in [0.1, 0.15) is 28.5 Å². The molecule has 0 saturated heterocycles. The van der Waals surface area contributed by atoms with E-state index in [0.717, 1.165) is 22.5 Å². The lowest BCUT2D eigenvalue weighted by Crippen LogP contribution is -2.13. The number of anilines is 1. The second-order valence-electron chi connectivity index (χ2n) is 6.47. The Morgan fingerprint density at radius 2 is 2.10 bits per heavy atom. The molecule has 4 aromatic heterocycles. The van der Waals surface area contributed by atoms with Gasteiger partial charge in [0.2, 0.25) is 0 Å². The number of aryl methyl sites for hydroxylation is 2. The highest BCUT2D eigenvalue weighted by Crippen LogP contribution is 2.30. The van der Waals surface area contributed by atoms with Crippen LogP contribution >= 0.6 is 0 Å². The van der Waals surface area contributed by atoms with E-state index in [0.29, 0.717) is 23.4 Å². The SMILES string of the molecule is CCOC(=O)c1cnc2c(c(C)nn2C)c1NCc1cccnc1-n1cccn1. The lowest BCUT2D eigenvalue weighted by molar-refractivity contribution is 0.0527. The van der Waals surface area contributed by atoms with Crippen molar-refractivity contribution in [2.75, 3.05) is 11.9 Å². The number of fused-ring (bicyclic) bond motifs is 1. The number of hydrogen-bond acceptors (Lipinski definition) is 7. The second-order valence-corrected chi connectivity index (χ2v) is 6.47. The number of carbonyl (C=O) groups excluding carboxylic acids is 1. The summed E-state index contributed by atoms with van der Waals surface area (Å²) in [6, 6.07) is 5.68. The molecule has 9 nitrogen and oxygen atoms in total. The summed E-state index contributed by atoms with van der Waals surface area (Å²) >= 11 is 0. The van der Waals surface area contributed by atoms with Crippen LogP contribution in [0, 0.1) is 6.92 Å². The van der Waals surface area contributed by atoms with Gasteiger partial charge in [-0.05, 0) is 26.0 Å². The van der Waals surface area contributed by atoms with E-state index in [-0.39, 0.29) is 6.61 Å². The van der Waals surface area contributed by atoms with E-state index >= 15 is 0 Å². The van der Waals surface area contributed by atoms with Crippen LogP contribution in [0.4, 0.5) is 5.69 Å². The summed E-state index contributed by atoms with van der Waals surface area (Å²) in [4.78, 5) is 21.4. The third-order valence-electron chi connectivity index (χ3n) is 4.57. The van der Waals surface area contributed by atoms with Crippen molar-refractivity contribution in [3.63, 3.8) is 0 Å².